The lowest BCUT2D eigenvalue weighted by Crippen LogP contribution is -2.35. The standard InChI is InChI=1S/C14H20FNO/c1-11(2)12-3-4-13(14(15)9-12)10-16-5-7-17-8-6-16/h3-4,9,11H,5-8,10H2,1-2H3. The molecule has 0 amide bonds. The van der Waals surface area contributed by atoms with Crippen LogP contribution in [0.5, 0.6) is 0 Å². The summed E-state index contributed by atoms with van der Waals surface area (Å²) < 4.78 is 19.2. The van der Waals surface area contributed by atoms with Gasteiger partial charge in [0.1, 0.15) is 5.82 Å². The summed E-state index contributed by atoms with van der Waals surface area (Å²) in [4.78, 5) is 2.23. The Kier molecular flexibility index (Phi) is 4.13. The summed E-state index contributed by atoms with van der Waals surface area (Å²) in [6, 6.07) is 5.62. The van der Waals surface area contributed by atoms with Gasteiger partial charge in [-0.3, -0.25) is 4.90 Å². The third-order valence-electron chi connectivity index (χ3n) is 3.24. The lowest BCUT2D eigenvalue weighted by molar-refractivity contribution is 0.0337. The molecular formula is C14H20FNO. The summed E-state index contributed by atoms with van der Waals surface area (Å²) in [5.74, 6) is 0.296. The molecule has 0 aliphatic carbocycles. The van der Waals surface area contributed by atoms with E-state index in [1.807, 2.05) is 12.1 Å². The summed E-state index contributed by atoms with van der Waals surface area (Å²) in [6.07, 6.45) is 0. The fourth-order valence-electron chi connectivity index (χ4n) is 2.05. The van der Waals surface area contributed by atoms with Crippen molar-refractivity contribution in [3.05, 3.63) is 35.1 Å². The van der Waals surface area contributed by atoms with Gasteiger partial charge in [-0.05, 0) is 17.5 Å². The maximum atomic E-state index is 13.9. The van der Waals surface area contributed by atoms with Crippen LogP contribution < -0.4 is 0 Å². The second kappa shape index (κ2) is 5.61. The van der Waals surface area contributed by atoms with Crippen molar-refractivity contribution < 1.29 is 9.13 Å². The van der Waals surface area contributed by atoms with Crippen molar-refractivity contribution in [2.75, 3.05) is 26.3 Å². The molecule has 0 spiro atoms. The highest BCUT2D eigenvalue weighted by Crippen LogP contribution is 2.19. The normalized spacial score (nSPS) is 17.6. The molecule has 1 aliphatic rings. The van der Waals surface area contributed by atoms with Crippen molar-refractivity contribution in [1.29, 1.82) is 0 Å². The molecule has 1 heterocycles. The van der Waals surface area contributed by atoms with Crippen LogP contribution in [0.1, 0.15) is 30.9 Å². The molecule has 94 valence electrons. The summed E-state index contributed by atoms with van der Waals surface area (Å²) in [7, 11) is 0. The van der Waals surface area contributed by atoms with E-state index in [0.717, 1.165) is 37.4 Å². The number of ether oxygens (including phenoxy) is 1. The Morgan fingerprint density at radius 3 is 2.59 bits per heavy atom. The second-order valence-corrected chi connectivity index (χ2v) is 4.89. The highest BCUT2D eigenvalue weighted by atomic mass is 19.1. The van der Waals surface area contributed by atoms with Gasteiger partial charge in [0.15, 0.2) is 0 Å². The Morgan fingerprint density at radius 2 is 2.00 bits per heavy atom. The van der Waals surface area contributed by atoms with Crippen molar-refractivity contribution in [1.82, 2.24) is 4.90 Å². The van der Waals surface area contributed by atoms with Crippen LogP contribution in [0.15, 0.2) is 18.2 Å². The lowest BCUT2D eigenvalue weighted by Gasteiger charge is -2.26. The van der Waals surface area contributed by atoms with Crippen molar-refractivity contribution >= 4 is 0 Å². The molecule has 0 bridgehead atoms. The topological polar surface area (TPSA) is 12.5 Å². The molecule has 1 saturated heterocycles. The van der Waals surface area contributed by atoms with E-state index in [9.17, 15) is 4.39 Å². The highest BCUT2D eigenvalue weighted by Gasteiger charge is 2.13. The maximum Gasteiger partial charge on any atom is 0.127 e. The van der Waals surface area contributed by atoms with Crippen LogP contribution in [-0.2, 0) is 11.3 Å². The van der Waals surface area contributed by atoms with Gasteiger partial charge in [0, 0.05) is 25.2 Å². The van der Waals surface area contributed by atoms with Crippen LogP contribution in [-0.4, -0.2) is 31.2 Å². The first-order valence-electron chi connectivity index (χ1n) is 6.25. The number of benzene rings is 1. The zero-order valence-electron chi connectivity index (χ0n) is 10.6. The Balaban J connectivity index is 2.05. The first kappa shape index (κ1) is 12.5. The molecule has 2 nitrogen and oxygen atoms in total. The minimum absolute atomic E-state index is 0.0808. The van der Waals surface area contributed by atoms with E-state index >= 15 is 0 Å². The summed E-state index contributed by atoms with van der Waals surface area (Å²) in [5, 5.41) is 0. The molecule has 1 aliphatic heterocycles. The van der Waals surface area contributed by atoms with Gasteiger partial charge in [-0.1, -0.05) is 26.0 Å². The summed E-state index contributed by atoms with van der Waals surface area (Å²) >= 11 is 0. The first-order valence-corrected chi connectivity index (χ1v) is 6.25. The Labute approximate surface area is 102 Å². The number of hydrogen-bond acceptors (Lipinski definition) is 2. The van der Waals surface area contributed by atoms with Crippen molar-refractivity contribution in [3.63, 3.8) is 0 Å². The molecule has 0 saturated carbocycles. The SMILES string of the molecule is CC(C)c1ccc(CN2CCOCC2)c(F)c1. The van der Waals surface area contributed by atoms with E-state index in [0.29, 0.717) is 12.5 Å². The average Bonchev–Trinajstić information content (AvgIpc) is 2.33. The molecule has 0 radical (unpaired) electrons. The lowest BCUT2D eigenvalue weighted by atomic mass is 10.0. The number of hydrogen-bond donors (Lipinski definition) is 0. The van der Waals surface area contributed by atoms with Gasteiger partial charge in [0.2, 0.25) is 0 Å². The van der Waals surface area contributed by atoms with E-state index < -0.39 is 0 Å². The van der Waals surface area contributed by atoms with E-state index in [1.54, 1.807) is 6.07 Å². The van der Waals surface area contributed by atoms with Gasteiger partial charge in [-0.2, -0.15) is 0 Å². The molecule has 2 rings (SSSR count). The molecule has 17 heavy (non-hydrogen) atoms. The quantitative estimate of drug-likeness (QED) is 0.801. The first-order chi connectivity index (χ1) is 8.16. The zero-order valence-corrected chi connectivity index (χ0v) is 10.6. The molecule has 0 N–H and O–H groups in total. The van der Waals surface area contributed by atoms with Crippen LogP contribution in [0.3, 0.4) is 0 Å². The molecule has 0 aromatic heterocycles. The Morgan fingerprint density at radius 1 is 1.29 bits per heavy atom. The van der Waals surface area contributed by atoms with Crippen LogP contribution in [0.2, 0.25) is 0 Å². The van der Waals surface area contributed by atoms with Crippen LogP contribution in [0.4, 0.5) is 4.39 Å². The highest BCUT2D eigenvalue weighted by molar-refractivity contribution is 5.26. The number of morpholine rings is 1. The van der Waals surface area contributed by atoms with Gasteiger partial charge >= 0.3 is 0 Å². The maximum absolute atomic E-state index is 13.9. The monoisotopic (exact) mass is 237 g/mol. The smallest absolute Gasteiger partial charge is 0.127 e. The molecule has 1 aromatic rings. The van der Waals surface area contributed by atoms with E-state index in [4.69, 9.17) is 4.74 Å². The van der Waals surface area contributed by atoms with Crippen molar-refractivity contribution in [2.24, 2.45) is 0 Å². The van der Waals surface area contributed by atoms with Crippen LogP contribution in [0.25, 0.3) is 0 Å². The van der Waals surface area contributed by atoms with Gasteiger partial charge < -0.3 is 4.74 Å². The van der Waals surface area contributed by atoms with Crippen molar-refractivity contribution in [3.8, 4) is 0 Å². The molecule has 1 aromatic carbocycles. The van der Waals surface area contributed by atoms with E-state index in [-0.39, 0.29) is 5.82 Å². The summed E-state index contributed by atoms with van der Waals surface area (Å²) in [5.41, 5.74) is 1.85. The van der Waals surface area contributed by atoms with E-state index in [2.05, 4.69) is 18.7 Å². The predicted molar refractivity (Wildman–Crippen MR) is 66.6 cm³/mol. The molecule has 1 fully saturated rings. The minimum atomic E-state index is -0.0808. The van der Waals surface area contributed by atoms with Crippen LogP contribution in [0, 0.1) is 5.82 Å². The molecule has 0 atom stereocenters. The fraction of sp³-hybridized carbons (Fsp3) is 0.571. The third kappa shape index (κ3) is 3.27. The van der Waals surface area contributed by atoms with Gasteiger partial charge in [0.25, 0.3) is 0 Å². The number of rotatable bonds is 3. The molecular weight excluding hydrogens is 217 g/mol. The third-order valence-corrected chi connectivity index (χ3v) is 3.24. The zero-order chi connectivity index (χ0) is 12.3. The molecule has 3 heteroatoms. The van der Waals surface area contributed by atoms with Crippen molar-refractivity contribution in [2.45, 2.75) is 26.3 Å². The van der Waals surface area contributed by atoms with Crippen LogP contribution >= 0.6 is 0 Å². The number of nitrogens with zero attached hydrogens (tertiary/aromatic N) is 1. The minimum Gasteiger partial charge on any atom is -0.379 e. The Hall–Kier alpha value is -0.930. The average molecular weight is 237 g/mol. The molecule has 0 unspecified atom stereocenters. The van der Waals surface area contributed by atoms with Gasteiger partial charge in [0.05, 0.1) is 13.2 Å². The second-order valence-electron chi connectivity index (χ2n) is 4.89. The Bertz CT molecular complexity index is 372. The number of halogens is 1. The summed E-state index contributed by atoms with van der Waals surface area (Å²) in [6.45, 7) is 8.15. The van der Waals surface area contributed by atoms with Gasteiger partial charge in [-0.25, -0.2) is 4.39 Å². The van der Waals surface area contributed by atoms with E-state index in [1.165, 1.54) is 0 Å². The largest absolute Gasteiger partial charge is 0.379 e. The predicted octanol–water partition coefficient (Wildman–Crippen LogP) is 2.78. The van der Waals surface area contributed by atoms with Gasteiger partial charge in [-0.15, -0.1) is 0 Å². The fourth-order valence-corrected chi connectivity index (χ4v) is 2.05.